The summed E-state index contributed by atoms with van der Waals surface area (Å²) in [6.07, 6.45) is 1.38. The molecule has 0 aliphatic carbocycles. The van der Waals surface area contributed by atoms with E-state index in [0.717, 1.165) is 18.9 Å². The van der Waals surface area contributed by atoms with E-state index >= 15 is 0 Å². The molecule has 0 aromatic carbocycles. The zero-order valence-corrected chi connectivity index (χ0v) is 13.3. The van der Waals surface area contributed by atoms with E-state index in [1.54, 1.807) is 0 Å². The minimum Gasteiger partial charge on any atom is -0.475 e. The molecule has 7 nitrogen and oxygen atoms in total. The molecule has 0 atom stereocenters. The predicted molar refractivity (Wildman–Crippen MR) is 79.9 cm³/mol. The number of hydrogen-bond donors (Lipinski definition) is 2. The van der Waals surface area contributed by atoms with E-state index in [1.165, 1.54) is 25.9 Å². The summed E-state index contributed by atoms with van der Waals surface area (Å²) in [6, 6.07) is 1.05. The van der Waals surface area contributed by atoms with Crippen LogP contribution in [0, 0.1) is 0 Å². The maximum Gasteiger partial charge on any atom is 0.490 e. The van der Waals surface area contributed by atoms with Gasteiger partial charge in [-0.3, -0.25) is 4.68 Å². The van der Waals surface area contributed by atoms with Crippen LogP contribution in [0.15, 0.2) is 12.4 Å². The van der Waals surface area contributed by atoms with E-state index in [9.17, 15) is 13.2 Å². The highest BCUT2D eigenvalue weighted by atomic mass is 19.4. The minimum atomic E-state index is -5.08. The van der Waals surface area contributed by atoms with Crippen LogP contribution in [-0.2, 0) is 9.53 Å². The van der Waals surface area contributed by atoms with E-state index in [1.807, 2.05) is 10.9 Å². The number of halogens is 3. The maximum atomic E-state index is 10.6. The van der Waals surface area contributed by atoms with E-state index in [2.05, 4.69) is 28.6 Å². The van der Waals surface area contributed by atoms with Crippen LogP contribution in [0.25, 0.3) is 0 Å². The van der Waals surface area contributed by atoms with Crippen LogP contribution in [0.5, 0.6) is 0 Å². The van der Waals surface area contributed by atoms with Gasteiger partial charge in [0.05, 0.1) is 31.1 Å². The Morgan fingerprint density at radius 3 is 2.42 bits per heavy atom. The maximum absolute atomic E-state index is 10.6. The highest BCUT2D eigenvalue weighted by Gasteiger charge is 2.38. The first-order valence-electron chi connectivity index (χ1n) is 7.63. The Morgan fingerprint density at radius 2 is 1.96 bits per heavy atom. The molecule has 2 aliphatic heterocycles. The number of alkyl halides is 3. The van der Waals surface area contributed by atoms with Crippen LogP contribution >= 0.6 is 0 Å². The van der Waals surface area contributed by atoms with Gasteiger partial charge in [-0.15, -0.1) is 0 Å². The summed E-state index contributed by atoms with van der Waals surface area (Å²) < 4.78 is 38.9. The number of anilines is 1. The van der Waals surface area contributed by atoms with Crippen LogP contribution in [0.2, 0.25) is 0 Å². The number of nitrogens with one attached hydrogen (secondary N) is 1. The zero-order chi connectivity index (χ0) is 17.7. The molecule has 0 radical (unpaired) electrons. The first kappa shape index (κ1) is 18.5. The number of ether oxygens (including phenoxy) is 1. The summed E-state index contributed by atoms with van der Waals surface area (Å²) in [5, 5.41) is 15.1. The Bertz CT molecular complexity index is 538. The summed E-state index contributed by atoms with van der Waals surface area (Å²) in [6.45, 7) is 3.97. The molecule has 0 spiro atoms. The largest absolute Gasteiger partial charge is 0.490 e. The van der Waals surface area contributed by atoms with Gasteiger partial charge >= 0.3 is 12.1 Å². The third-order valence-electron chi connectivity index (χ3n) is 3.93. The van der Waals surface area contributed by atoms with Crippen LogP contribution in [-0.4, -0.2) is 71.3 Å². The number of nitrogens with zero attached hydrogens (tertiary/aromatic N) is 3. The Labute approximate surface area is 137 Å². The van der Waals surface area contributed by atoms with Crippen molar-refractivity contribution in [1.82, 2.24) is 14.7 Å². The Balaban J connectivity index is 0.000000256. The molecule has 3 rings (SSSR count). The average Bonchev–Trinajstić information content (AvgIpc) is 2.87. The lowest BCUT2D eigenvalue weighted by Gasteiger charge is -2.29. The lowest BCUT2D eigenvalue weighted by atomic mass is 10.1. The van der Waals surface area contributed by atoms with Crippen molar-refractivity contribution in [3.05, 3.63) is 12.4 Å². The molecule has 136 valence electrons. The van der Waals surface area contributed by atoms with Crippen molar-refractivity contribution in [1.29, 1.82) is 0 Å². The quantitative estimate of drug-likeness (QED) is 0.862. The lowest BCUT2D eigenvalue weighted by Crippen LogP contribution is -2.36. The number of hydrogen-bond acceptors (Lipinski definition) is 5. The molecule has 1 aromatic heterocycles. The highest BCUT2D eigenvalue weighted by molar-refractivity contribution is 5.73. The molecule has 2 aliphatic rings. The van der Waals surface area contributed by atoms with E-state index < -0.39 is 12.1 Å². The summed E-state index contributed by atoms with van der Waals surface area (Å²) in [7, 11) is 2.19. The third-order valence-corrected chi connectivity index (χ3v) is 3.93. The Kier molecular flexibility index (Phi) is 6.05. The molecular formula is C14H21F3N4O3. The normalized spacial score (nSPS) is 20.0. The second-order valence-electron chi connectivity index (χ2n) is 5.93. The first-order valence-corrected chi connectivity index (χ1v) is 7.63. The van der Waals surface area contributed by atoms with E-state index in [4.69, 9.17) is 14.6 Å². The number of piperidine rings is 1. The molecule has 24 heavy (non-hydrogen) atoms. The van der Waals surface area contributed by atoms with Crippen LogP contribution in [0.4, 0.5) is 18.9 Å². The lowest BCUT2D eigenvalue weighted by molar-refractivity contribution is -0.192. The third kappa shape index (κ3) is 5.38. The van der Waals surface area contributed by atoms with Crippen molar-refractivity contribution in [2.75, 3.05) is 38.7 Å². The van der Waals surface area contributed by atoms with Crippen molar-refractivity contribution < 1.29 is 27.8 Å². The molecular weight excluding hydrogens is 329 g/mol. The summed E-state index contributed by atoms with van der Waals surface area (Å²) in [5.41, 5.74) is 1.14. The number of rotatable bonds is 3. The second-order valence-corrected chi connectivity index (χ2v) is 5.93. The molecule has 2 fully saturated rings. The van der Waals surface area contributed by atoms with Crippen molar-refractivity contribution in [2.24, 2.45) is 0 Å². The van der Waals surface area contributed by atoms with Gasteiger partial charge < -0.3 is 20.1 Å². The number of aliphatic carboxylic acids is 1. The molecule has 0 bridgehead atoms. The molecule has 0 unspecified atom stereocenters. The highest BCUT2D eigenvalue weighted by Crippen LogP contribution is 2.20. The number of aromatic nitrogens is 2. The van der Waals surface area contributed by atoms with Gasteiger partial charge in [-0.05, 0) is 33.0 Å². The molecule has 0 saturated carbocycles. The van der Waals surface area contributed by atoms with Gasteiger partial charge in [0.1, 0.15) is 0 Å². The monoisotopic (exact) mass is 350 g/mol. The smallest absolute Gasteiger partial charge is 0.475 e. The fourth-order valence-electron chi connectivity index (χ4n) is 2.38. The zero-order valence-electron chi connectivity index (χ0n) is 13.3. The van der Waals surface area contributed by atoms with E-state index in [0.29, 0.717) is 12.1 Å². The fraction of sp³-hybridized carbons (Fsp3) is 0.714. The Hall–Kier alpha value is -1.81. The Morgan fingerprint density at radius 1 is 1.38 bits per heavy atom. The van der Waals surface area contributed by atoms with Gasteiger partial charge in [-0.25, -0.2) is 4.79 Å². The summed E-state index contributed by atoms with van der Waals surface area (Å²) in [4.78, 5) is 11.3. The average molecular weight is 350 g/mol. The number of likely N-dealkylation sites (tertiary alicyclic amines) is 1. The molecule has 3 heterocycles. The fourth-order valence-corrected chi connectivity index (χ4v) is 2.38. The van der Waals surface area contributed by atoms with Crippen molar-refractivity contribution in [2.45, 2.75) is 31.1 Å². The predicted octanol–water partition coefficient (Wildman–Crippen LogP) is 1.59. The summed E-state index contributed by atoms with van der Waals surface area (Å²) in [5.74, 6) is -2.76. The molecule has 2 N–H and O–H groups in total. The van der Waals surface area contributed by atoms with Crippen molar-refractivity contribution in [3.8, 4) is 0 Å². The van der Waals surface area contributed by atoms with Crippen molar-refractivity contribution >= 4 is 11.7 Å². The SMILES string of the molecule is CN1CCC(Nc2cnn(C3COC3)c2)CC1.O=C(O)C(F)(F)F. The van der Waals surface area contributed by atoms with Gasteiger partial charge in [0.15, 0.2) is 0 Å². The molecule has 2 saturated heterocycles. The topological polar surface area (TPSA) is 79.6 Å². The minimum absolute atomic E-state index is 0.447. The van der Waals surface area contributed by atoms with Crippen molar-refractivity contribution in [3.63, 3.8) is 0 Å². The number of carboxylic acids is 1. The summed E-state index contributed by atoms with van der Waals surface area (Å²) >= 11 is 0. The van der Waals surface area contributed by atoms with Crippen LogP contribution in [0.1, 0.15) is 18.9 Å². The van der Waals surface area contributed by atoms with Gasteiger partial charge in [-0.2, -0.15) is 18.3 Å². The van der Waals surface area contributed by atoms with E-state index in [-0.39, 0.29) is 0 Å². The molecule has 0 amide bonds. The standard InChI is InChI=1S/C12H20N4O.C2HF3O2/c1-15-4-2-10(3-5-15)14-11-6-13-16(7-11)12-8-17-9-12;3-2(4,5)1(6)7/h6-7,10,12,14H,2-5,8-9H2,1H3;(H,6,7). The first-order chi connectivity index (χ1) is 11.3. The van der Waals surface area contributed by atoms with Crippen LogP contribution < -0.4 is 5.32 Å². The second kappa shape index (κ2) is 7.84. The van der Waals surface area contributed by atoms with Gasteiger partial charge in [0.25, 0.3) is 0 Å². The van der Waals surface area contributed by atoms with Crippen LogP contribution in [0.3, 0.4) is 0 Å². The number of carboxylic acid groups (broad SMARTS) is 1. The number of carbonyl (C=O) groups is 1. The van der Waals surface area contributed by atoms with Gasteiger partial charge in [0, 0.05) is 12.2 Å². The van der Waals surface area contributed by atoms with Gasteiger partial charge in [0.2, 0.25) is 0 Å². The van der Waals surface area contributed by atoms with Gasteiger partial charge in [-0.1, -0.05) is 0 Å². The molecule has 10 heteroatoms. The molecule has 1 aromatic rings.